The van der Waals surface area contributed by atoms with Gasteiger partial charge in [0.15, 0.2) is 0 Å². The van der Waals surface area contributed by atoms with Crippen LogP contribution in [-0.2, 0) is 10.2 Å². The number of hydrogen-bond donors (Lipinski definition) is 1. The Bertz CT molecular complexity index is 1000. The average Bonchev–Trinajstić information content (AvgIpc) is 3.33. The van der Waals surface area contributed by atoms with Gasteiger partial charge in [-0.25, -0.2) is 4.39 Å². The summed E-state index contributed by atoms with van der Waals surface area (Å²) in [5, 5.41) is 2.93. The number of nitrogens with zero attached hydrogens (tertiary/aromatic N) is 2. The van der Waals surface area contributed by atoms with Gasteiger partial charge in [0.05, 0.1) is 6.04 Å². The van der Waals surface area contributed by atoms with Gasteiger partial charge in [-0.3, -0.25) is 14.5 Å². The van der Waals surface area contributed by atoms with E-state index in [-0.39, 0.29) is 29.1 Å². The van der Waals surface area contributed by atoms with Crippen LogP contribution in [0.5, 0.6) is 0 Å². The lowest BCUT2D eigenvalue weighted by molar-refractivity contribution is -0.123. The number of rotatable bonds is 5. The first-order valence-corrected chi connectivity index (χ1v) is 12.4. The van der Waals surface area contributed by atoms with E-state index in [1.54, 1.807) is 12.1 Å². The highest BCUT2D eigenvalue weighted by Crippen LogP contribution is 2.32. The number of piperazine rings is 1. The third kappa shape index (κ3) is 5.66. The molecule has 2 aliphatic rings. The summed E-state index contributed by atoms with van der Waals surface area (Å²) in [6.45, 7) is 8.98. The first kappa shape index (κ1) is 24.4. The van der Waals surface area contributed by atoms with Crippen molar-refractivity contribution in [2.75, 3.05) is 31.5 Å². The van der Waals surface area contributed by atoms with Crippen LogP contribution in [0.2, 0.25) is 0 Å². The molecule has 1 heterocycles. The third-order valence-corrected chi connectivity index (χ3v) is 7.20. The van der Waals surface area contributed by atoms with Crippen molar-refractivity contribution in [1.82, 2.24) is 9.80 Å². The van der Waals surface area contributed by atoms with Crippen molar-refractivity contribution in [2.45, 2.75) is 57.9 Å². The van der Waals surface area contributed by atoms with Gasteiger partial charge in [-0.2, -0.15) is 0 Å². The normalized spacial score (nSPS) is 18.6. The molecule has 5 nitrogen and oxygen atoms in total. The van der Waals surface area contributed by atoms with Crippen LogP contribution in [0.25, 0.3) is 0 Å². The zero-order chi connectivity index (χ0) is 24.3. The minimum absolute atomic E-state index is 0.0433. The topological polar surface area (TPSA) is 52.7 Å². The largest absolute Gasteiger partial charge is 0.336 e. The standard InChI is InChI=1S/C28H36FN3O2/c1-28(2,3)22-13-11-21(12-14-22)27(34)32-17-15-31(16-18-32)25(20-7-4-5-8-20)26(33)30-24-10-6-9-23(29)19-24/h6,9-14,19-20,25H,4-5,7-8,15-18H2,1-3H3,(H,30,33)/t25-/m0/s1. The molecule has 182 valence electrons. The van der Waals surface area contributed by atoms with Crippen LogP contribution in [0, 0.1) is 11.7 Å². The van der Waals surface area contributed by atoms with Crippen molar-refractivity contribution >= 4 is 17.5 Å². The fraction of sp³-hybridized carbons (Fsp3) is 0.500. The fourth-order valence-corrected chi connectivity index (χ4v) is 5.23. The second kappa shape index (κ2) is 10.3. The second-order valence-electron chi connectivity index (χ2n) is 10.6. The Morgan fingerprint density at radius 2 is 1.62 bits per heavy atom. The second-order valence-corrected chi connectivity index (χ2v) is 10.6. The van der Waals surface area contributed by atoms with E-state index in [2.05, 4.69) is 31.0 Å². The summed E-state index contributed by atoms with van der Waals surface area (Å²) in [6.07, 6.45) is 4.33. The van der Waals surface area contributed by atoms with Gasteiger partial charge in [0, 0.05) is 37.4 Å². The number of anilines is 1. The Kier molecular flexibility index (Phi) is 7.36. The number of hydrogen-bond acceptors (Lipinski definition) is 3. The molecule has 0 radical (unpaired) electrons. The molecule has 0 spiro atoms. The van der Waals surface area contributed by atoms with Crippen LogP contribution >= 0.6 is 0 Å². The monoisotopic (exact) mass is 465 g/mol. The molecule has 2 aromatic carbocycles. The lowest BCUT2D eigenvalue weighted by Gasteiger charge is -2.40. The Morgan fingerprint density at radius 3 is 2.21 bits per heavy atom. The molecule has 2 fully saturated rings. The first-order chi connectivity index (χ1) is 16.2. The van der Waals surface area contributed by atoms with Crippen molar-refractivity contribution in [3.8, 4) is 0 Å². The van der Waals surface area contributed by atoms with E-state index in [4.69, 9.17) is 0 Å². The van der Waals surface area contributed by atoms with E-state index in [1.807, 2.05) is 29.2 Å². The molecule has 1 N–H and O–H groups in total. The maximum absolute atomic E-state index is 13.6. The average molecular weight is 466 g/mol. The molecule has 0 unspecified atom stereocenters. The van der Waals surface area contributed by atoms with E-state index >= 15 is 0 Å². The van der Waals surface area contributed by atoms with Crippen molar-refractivity contribution in [2.24, 2.45) is 5.92 Å². The molecule has 1 aliphatic heterocycles. The van der Waals surface area contributed by atoms with Crippen molar-refractivity contribution in [3.05, 3.63) is 65.5 Å². The number of carbonyl (C=O) groups excluding carboxylic acids is 2. The highest BCUT2D eigenvalue weighted by molar-refractivity contribution is 5.95. The lowest BCUT2D eigenvalue weighted by Crippen LogP contribution is -2.56. The highest BCUT2D eigenvalue weighted by Gasteiger charge is 2.37. The van der Waals surface area contributed by atoms with Gasteiger partial charge in [-0.1, -0.05) is 51.8 Å². The predicted octanol–water partition coefficient (Wildman–Crippen LogP) is 5.08. The fourth-order valence-electron chi connectivity index (χ4n) is 5.23. The number of benzene rings is 2. The van der Waals surface area contributed by atoms with Crippen molar-refractivity contribution < 1.29 is 14.0 Å². The summed E-state index contributed by atoms with van der Waals surface area (Å²) >= 11 is 0. The van der Waals surface area contributed by atoms with E-state index in [0.29, 0.717) is 43.3 Å². The summed E-state index contributed by atoms with van der Waals surface area (Å²) < 4.78 is 13.6. The molecule has 0 bridgehead atoms. The van der Waals surface area contributed by atoms with Gasteiger partial charge in [-0.15, -0.1) is 0 Å². The molecule has 1 saturated heterocycles. The zero-order valence-electron chi connectivity index (χ0n) is 20.5. The first-order valence-electron chi connectivity index (χ1n) is 12.4. The number of carbonyl (C=O) groups is 2. The number of amides is 2. The van der Waals surface area contributed by atoms with Gasteiger partial charge >= 0.3 is 0 Å². The van der Waals surface area contributed by atoms with Crippen LogP contribution in [0.15, 0.2) is 48.5 Å². The van der Waals surface area contributed by atoms with Crippen LogP contribution in [0.3, 0.4) is 0 Å². The number of nitrogens with one attached hydrogen (secondary N) is 1. The van der Waals surface area contributed by atoms with E-state index in [0.717, 1.165) is 25.7 Å². The van der Waals surface area contributed by atoms with Gasteiger partial charge in [0.1, 0.15) is 5.82 Å². The molecule has 2 amide bonds. The quantitative estimate of drug-likeness (QED) is 0.670. The molecule has 6 heteroatoms. The van der Waals surface area contributed by atoms with Crippen LogP contribution in [0.1, 0.15) is 62.4 Å². The maximum Gasteiger partial charge on any atom is 0.253 e. The number of halogens is 1. The van der Waals surface area contributed by atoms with Crippen molar-refractivity contribution in [1.29, 1.82) is 0 Å². The molecule has 2 aromatic rings. The third-order valence-electron chi connectivity index (χ3n) is 7.20. The molecular weight excluding hydrogens is 429 g/mol. The van der Waals surface area contributed by atoms with Crippen molar-refractivity contribution in [3.63, 3.8) is 0 Å². The SMILES string of the molecule is CC(C)(C)c1ccc(C(=O)N2CCN([C@H](C(=O)Nc3cccc(F)c3)C3CCCC3)CC2)cc1. The summed E-state index contributed by atoms with van der Waals surface area (Å²) in [5.74, 6) is -0.101. The van der Waals surface area contributed by atoms with Gasteiger partial charge in [0.2, 0.25) is 5.91 Å². The Labute approximate surface area is 202 Å². The van der Waals surface area contributed by atoms with E-state index in [1.165, 1.54) is 17.7 Å². The van der Waals surface area contributed by atoms with E-state index in [9.17, 15) is 14.0 Å². The summed E-state index contributed by atoms with van der Waals surface area (Å²) in [7, 11) is 0. The minimum atomic E-state index is -0.363. The summed E-state index contributed by atoms with van der Waals surface area (Å²) in [6, 6.07) is 13.7. The molecule has 0 aromatic heterocycles. The zero-order valence-corrected chi connectivity index (χ0v) is 20.5. The Balaban J connectivity index is 1.41. The van der Waals surface area contributed by atoms with Gasteiger partial charge < -0.3 is 10.2 Å². The molecule has 4 rings (SSSR count). The van der Waals surface area contributed by atoms with E-state index < -0.39 is 0 Å². The minimum Gasteiger partial charge on any atom is -0.336 e. The van der Waals surface area contributed by atoms with Crippen LogP contribution < -0.4 is 5.32 Å². The van der Waals surface area contributed by atoms with Gasteiger partial charge in [0.25, 0.3) is 5.91 Å². The molecule has 1 aliphatic carbocycles. The maximum atomic E-state index is 13.6. The summed E-state index contributed by atoms with van der Waals surface area (Å²) in [4.78, 5) is 30.5. The molecule has 34 heavy (non-hydrogen) atoms. The Morgan fingerprint density at radius 1 is 0.971 bits per heavy atom. The smallest absolute Gasteiger partial charge is 0.253 e. The van der Waals surface area contributed by atoms with Gasteiger partial charge in [-0.05, 0) is 60.1 Å². The predicted molar refractivity (Wildman–Crippen MR) is 133 cm³/mol. The van der Waals surface area contributed by atoms with Crippen LogP contribution in [-0.4, -0.2) is 53.8 Å². The van der Waals surface area contributed by atoms with Crippen LogP contribution in [0.4, 0.5) is 10.1 Å². The summed E-state index contributed by atoms with van der Waals surface area (Å²) in [5.41, 5.74) is 2.45. The lowest BCUT2D eigenvalue weighted by atomic mass is 9.86. The Hall–Kier alpha value is -2.73. The highest BCUT2D eigenvalue weighted by atomic mass is 19.1. The molecule has 1 saturated carbocycles. The molecular formula is C28H36FN3O2. The molecule has 1 atom stereocenters.